The first-order chi connectivity index (χ1) is 10.2. The van der Waals surface area contributed by atoms with Crippen molar-refractivity contribution in [2.45, 2.75) is 38.3 Å². The lowest BCUT2D eigenvalue weighted by molar-refractivity contribution is 0.0522. The van der Waals surface area contributed by atoms with Gasteiger partial charge in [-0.1, -0.05) is 37.3 Å². The second-order valence-corrected chi connectivity index (χ2v) is 6.43. The maximum absolute atomic E-state index is 12.5. The number of likely N-dealkylation sites (tertiary alicyclic amines) is 1. The van der Waals surface area contributed by atoms with Crippen LogP contribution in [0.2, 0.25) is 0 Å². The van der Waals surface area contributed by atoms with Crippen molar-refractivity contribution in [2.75, 3.05) is 19.6 Å². The molecule has 2 heterocycles. The predicted octanol–water partition coefficient (Wildman–Crippen LogP) is 2.79. The third-order valence-electron chi connectivity index (χ3n) is 4.76. The molecule has 1 N–H and O–H groups in total. The Kier molecular flexibility index (Phi) is 4.15. The molecule has 0 radical (unpaired) electrons. The molecule has 2 saturated heterocycles. The SMILES string of the molecule is CC1CN(C(=O)OCc2ccccc2)C2(CCNCC2)C1. The van der Waals surface area contributed by atoms with E-state index in [1.54, 1.807) is 0 Å². The van der Waals surface area contributed by atoms with Gasteiger partial charge >= 0.3 is 6.09 Å². The number of hydrogen-bond acceptors (Lipinski definition) is 3. The Labute approximate surface area is 126 Å². The van der Waals surface area contributed by atoms with E-state index in [9.17, 15) is 4.79 Å². The molecule has 1 aromatic rings. The smallest absolute Gasteiger partial charge is 0.410 e. The van der Waals surface area contributed by atoms with Crippen LogP contribution in [-0.2, 0) is 11.3 Å². The number of piperidine rings is 1. The highest BCUT2D eigenvalue weighted by molar-refractivity contribution is 5.69. The van der Waals surface area contributed by atoms with Crippen molar-refractivity contribution >= 4 is 6.09 Å². The van der Waals surface area contributed by atoms with E-state index in [2.05, 4.69) is 12.2 Å². The molecule has 0 saturated carbocycles. The maximum atomic E-state index is 12.5. The first kappa shape index (κ1) is 14.4. The number of nitrogens with zero attached hydrogens (tertiary/aromatic N) is 1. The highest BCUT2D eigenvalue weighted by Gasteiger charge is 2.47. The lowest BCUT2D eigenvalue weighted by atomic mass is 9.84. The Morgan fingerprint density at radius 3 is 2.76 bits per heavy atom. The van der Waals surface area contributed by atoms with Crippen molar-refractivity contribution in [3.63, 3.8) is 0 Å². The average molecular weight is 288 g/mol. The maximum Gasteiger partial charge on any atom is 0.410 e. The topological polar surface area (TPSA) is 41.6 Å². The molecule has 21 heavy (non-hydrogen) atoms. The van der Waals surface area contributed by atoms with E-state index in [1.807, 2.05) is 35.2 Å². The Balaban J connectivity index is 1.65. The van der Waals surface area contributed by atoms with Gasteiger partial charge in [0.15, 0.2) is 0 Å². The van der Waals surface area contributed by atoms with Crippen molar-refractivity contribution in [1.82, 2.24) is 10.2 Å². The zero-order chi connectivity index (χ0) is 14.7. The number of nitrogens with one attached hydrogen (secondary N) is 1. The van der Waals surface area contributed by atoms with Gasteiger partial charge in [0, 0.05) is 12.1 Å². The van der Waals surface area contributed by atoms with Gasteiger partial charge in [-0.2, -0.15) is 0 Å². The fourth-order valence-electron chi connectivity index (χ4n) is 3.76. The molecule has 1 amide bonds. The van der Waals surface area contributed by atoms with Gasteiger partial charge < -0.3 is 15.0 Å². The minimum atomic E-state index is -0.148. The standard InChI is InChI=1S/C17H24N2O2/c1-14-11-17(7-9-18-10-8-17)19(12-14)16(20)21-13-15-5-3-2-4-6-15/h2-6,14,18H,7-13H2,1H3. The molecule has 4 nitrogen and oxygen atoms in total. The molecule has 2 aliphatic heterocycles. The molecule has 3 rings (SSSR count). The highest BCUT2D eigenvalue weighted by atomic mass is 16.6. The van der Waals surface area contributed by atoms with Crippen molar-refractivity contribution in [1.29, 1.82) is 0 Å². The summed E-state index contributed by atoms with van der Waals surface area (Å²) in [5, 5.41) is 3.39. The number of carbonyl (C=O) groups is 1. The summed E-state index contributed by atoms with van der Waals surface area (Å²) in [6, 6.07) is 9.88. The van der Waals surface area contributed by atoms with Crippen molar-refractivity contribution in [2.24, 2.45) is 5.92 Å². The summed E-state index contributed by atoms with van der Waals surface area (Å²) in [6.45, 7) is 5.41. The predicted molar refractivity (Wildman–Crippen MR) is 81.9 cm³/mol. The molecule has 1 spiro atoms. The summed E-state index contributed by atoms with van der Waals surface area (Å²) in [6.07, 6.45) is 3.04. The highest BCUT2D eigenvalue weighted by Crippen LogP contribution is 2.40. The Bertz CT molecular complexity index is 483. The fraction of sp³-hybridized carbons (Fsp3) is 0.588. The molecule has 2 aliphatic rings. The van der Waals surface area contributed by atoms with E-state index in [-0.39, 0.29) is 11.6 Å². The van der Waals surface area contributed by atoms with E-state index < -0.39 is 0 Å². The van der Waals surface area contributed by atoms with Gasteiger partial charge in [-0.25, -0.2) is 4.79 Å². The third-order valence-corrected chi connectivity index (χ3v) is 4.76. The summed E-state index contributed by atoms with van der Waals surface area (Å²) < 4.78 is 5.55. The van der Waals surface area contributed by atoms with E-state index in [0.29, 0.717) is 12.5 Å². The molecule has 0 aliphatic carbocycles. The lowest BCUT2D eigenvalue weighted by Gasteiger charge is -2.41. The summed E-state index contributed by atoms with van der Waals surface area (Å²) in [7, 11) is 0. The average Bonchev–Trinajstić information content (AvgIpc) is 2.82. The van der Waals surface area contributed by atoms with Crippen LogP contribution in [0, 0.1) is 5.92 Å². The van der Waals surface area contributed by atoms with Gasteiger partial charge in [-0.05, 0) is 43.8 Å². The number of hydrogen-bond donors (Lipinski definition) is 1. The quantitative estimate of drug-likeness (QED) is 0.910. The van der Waals surface area contributed by atoms with Crippen LogP contribution < -0.4 is 5.32 Å². The normalized spacial score (nSPS) is 24.2. The Morgan fingerprint density at radius 2 is 2.05 bits per heavy atom. The van der Waals surface area contributed by atoms with E-state index >= 15 is 0 Å². The summed E-state index contributed by atoms with van der Waals surface area (Å²) in [5.74, 6) is 0.562. The molecule has 0 aromatic heterocycles. The zero-order valence-electron chi connectivity index (χ0n) is 12.7. The molecule has 1 atom stereocenters. The fourth-order valence-corrected chi connectivity index (χ4v) is 3.76. The van der Waals surface area contributed by atoms with Gasteiger partial charge in [0.25, 0.3) is 0 Å². The monoisotopic (exact) mass is 288 g/mol. The van der Waals surface area contributed by atoms with Gasteiger partial charge in [-0.15, -0.1) is 0 Å². The Hall–Kier alpha value is -1.55. The van der Waals surface area contributed by atoms with Crippen LogP contribution in [0.25, 0.3) is 0 Å². The van der Waals surface area contributed by atoms with E-state index in [0.717, 1.165) is 44.5 Å². The largest absolute Gasteiger partial charge is 0.445 e. The first-order valence-electron chi connectivity index (χ1n) is 7.89. The van der Waals surface area contributed by atoms with Crippen LogP contribution in [0.4, 0.5) is 4.79 Å². The van der Waals surface area contributed by atoms with Crippen LogP contribution in [0.3, 0.4) is 0 Å². The second kappa shape index (κ2) is 6.06. The number of amides is 1. The molecule has 114 valence electrons. The lowest BCUT2D eigenvalue weighted by Crippen LogP contribution is -2.53. The van der Waals surface area contributed by atoms with Crippen LogP contribution in [-0.4, -0.2) is 36.2 Å². The zero-order valence-corrected chi connectivity index (χ0v) is 12.7. The third kappa shape index (κ3) is 3.05. The molecule has 1 unspecified atom stereocenters. The molecule has 4 heteroatoms. The molecule has 2 fully saturated rings. The molecule has 1 aromatic carbocycles. The molecular formula is C17H24N2O2. The van der Waals surface area contributed by atoms with Crippen molar-refractivity contribution in [3.05, 3.63) is 35.9 Å². The summed E-state index contributed by atoms with van der Waals surface area (Å²) in [5.41, 5.74) is 1.07. The second-order valence-electron chi connectivity index (χ2n) is 6.43. The van der Waals surface area contributed by atoms with Crippen LogP contribution in [0.1, 0.15) is 31.7 Å². The number of carbonyl (C=O) groups excluding carboxylic acids is 1. The minimum Gasteiger partial charge on any atom is -0.445 e. The summed E-state index contributed by atoms with van der Waals surface area (Å²) in [4.78, 5) is 14.5. The van der Waals surface area contributed by atoms with E-state index in [1.165, 1.54) is 0 Å². The van der Waals surface area contributed by atoms with Crippen LogP contribution >= 0.6 is 0 Å². The first-order valence-corrected chi connectivity index (χ1v) is 7.89. The molecular weight excluding hydrogens is 264 g/mol. The minimum absolute atomic E-state index is 0.0262. The number of benzene rings is 1. The van der Waals surface area contributed by atoms with Gasteiger partial charge in [0.2, 0.25) is 0 Å². The van der Waals surface area contributed by atoms with Gasteiger partial charge in [-0.3, -0.25) is 0 Å². The van der Waals surface area contributed by atoms with Crippen LogP contribution in [0.15, 0.2) is 30.3 Å². The van der Waals surface area contributed by atoms with Crippen molar-refractivity contribution in [3.8, 4) is 0 Å². The number of ether oxygens (including phenoxy) is 1. The van der Waals surface area contributed by atoms with Crippen LogP contribution in [0.5, 0.6) is 0 Å². The van der Waals surface area contributed by atoms with Crippen molar-refractivity contribution < 1.29 is 9.53 Å². The Morgan fingerprint density at radius 1 is 1.33 bits per heavy atom. The van der Waals surface area contributed by atoms with Gasteiger partial charge in [0.1, 0.15) is 6.61 Å². The van der Waals surface area contributed by atoms with Gasteiger partial charge in [0.05, 0.1) is 0 Å². The number of rotatable bonds is 2. The molecule has 0 bridgehead atoms. The van der Waals surface area contributed by atoms with E-state index in [4.69, 9.17) is 4.74 Å². The summed E-state index contributed by atoms with van der Waals surface area (Å²) >= 11 is 0.